The van der Waals surface area contributed by atoms with Crippen molar-refractivity contribution in [2.45, 2.75) is 29.8 Å². The lowest BCUT2D eigenvalue weighted by Crippen LogP contribution is -2.38. The van der Waals surface area contributed by atoms with E-state index in [2.05, 4.69) is 21.5 Å². The van der Waals surface area contributed by atoms with E-state index < -0.39 is 0 Å². The van der Waals surface area contributed by atoms with Crippen molar-refractivity contribution in [3.05, 3.63) is 69.8 Å². The predicted octanol–water partition coefficient (Wildman–Crippen LogP) is 4.65. The van der Waals surface area contributed by atoms with Crippen LogP contribution < -0.4 is 5.32 Å². The second-order valence-electron chi connectivity index (χ2n) is 6.77. The lowest BCUT2D eigenvalue weighted by molar-refractivity contribution is -0.123. The minimum atomic E-state index is -0.258. The number of Topliss-reactive ketones (excluding diaryl/α,β-unsaturated/α-hetero) is 1. The van der Waals surface area contributed by atoms with Gasteiger partial charge in [0, 0.05) is 22.7 Å². The van der Waals surface area contributed by atoms with E-state index in [1.807, 2.05) is 28.3 Å². The second kappa shape index (κ2) is 7.18. The number of carbonyl (C=O) groups excluding carboxylic acids is 1. The van der Waals surface area contributed by atoms with Gasteiger partial charge in [-0.3, -0.25) is 4.79 Å². The Kier molecular flexibility index (Phi) is 4.52. The molecule has 1 N–H and O–H groups in total. The first kappa shape index (κ1) is 17.6. The molecule has 8 heteroatoms. The number of hydrogen-bond acceptors (Lipinski definition) is 6. The maximum atomic E-state index is 13.9. The smallest absolute Gasteiger partial charge is 0.227 e. The second-order valence-corrected chi connectivity index (χ2v) is 8.69. The van der Waals surface area contributed by atoms with Gasteiger partial charge in [0.2, 0.25) is 11.1 Å². The zero-order chi connectivity index (χ0) is 19.1. The number of aromatic nitrogens is 3. The summed E-state index contributed by atoms with van der Waals surface area (Å²) < 4.78 is 15.7. The number of rotatable bonds is 4. The van der Waals surface area contributed by atoms with E-state index in [-0.39, 0.29) is 23.6 Å². The molecule has 0 spiro atoms. The van der Waals surface area contributed by atoms with Crippen LogP contribution in [0.25, 0.3) is 0 Å². The van der Waals surface area contributed by atoms with Crippen molar-refractivity contribution < 1.29 is 9.18 Å². The number of carbonyl (C=O) groups is 1. The van der Waals surface area contributed by atoms with Crippen LogP contribution in [0.5, 0.6) is 0 Å². The fraction of sp³-hybridized carbons (Fsp3) is 0.250. The van der Waals surface area contributed by atoms with Gasteiger partial charge < -0.3 is 5.32 Å². The number of halogens is 1. The number of anilines is 1. The maximum absolute atomic E-state index is 13.9. The Labute approximate surface area is 169 Å². The van der Waals surface area contributed by atoms with Crippen LogP contribution in [0.4, 0.5) is 10.3 Å². The molecule has 3 aromatic rings. The molecule has 2 aromatic heterocycles. The molecule has 0 saturated heterocycles. The molecule has 5 rings (SSSR count). The molecule has 5 nitrogen and oxygen atoms in total. The minimum Gasteiger partial charge on any atom is -0.328 e. The van der Waals surface area contributed by atoms with Crippen LogP contribution >= 0.6 is 23.1 Å². The molecule has 0 fully saturated rings. The van der Waals surface area contributed by atoms with Crippen LogP contribution in [0.2, 0.25) is 0 Å². The average Bonchev–Trinajstić information content (AvgIpc) is 3.35. The normalized spacial score (nSPS) is 20.9. The standard InChI is InChI=1S/C20H17FN4OS2/c21-13-6-2-1-5-12(13)11-28-20-23-19-22-14-7-3-8-15(26)17(14)18(25(19)24-20)16-9-4-10-27-16/h1-2,4-7,9-10,17-18H,3,8,11H2,(H,22,23,24). The van der Waals surface area contributed by atoms with Gasteiger partial charge in [0.1, 0.15) is 17.6 Å². The Bertz CT molecular complexity index is 1060. The molecule has 1 aliphatic heterocycles. The molecule has 28 heavy (non-hydrogen) atoms. The summed E-state index contributed by atoms with van der Waals surface area (Å²) in [6.07, 6.45) is 3.39. The molecular weight excluding hydrogens is 395 g/mol. The highest BCUT2D eigenvalue weighted by molar-refractivity contribution is 7.98. The van der Waals surface area contributed by atoms with E-state index in [1.54, 1.807) is 23.5 Å². The maximum Gasteiger partial charge on any atom is 0.227 e. The van der Waals surface area contributed by atoms with E-state index in [9.17, 15) is 9.18 Å². The van der Waals surface area contributed by atoms with Gasteiger partial charge in [-0.15, -0.1) is 16.4 Å². The third-order valence-electron chi connectivity index (χ3n) is 5.03. The fourth-order valence-corrected chi connectivity index (χ4v) is 5.38. The Balaban J connectivity index is 1.49. The average molecular weight is 413 g/mol. The Morgan fingerprint density at radius 1 is 1.29 bits per heavy atom. The molecule has 0 bridgehead atoms. The predicted molar refractivity (Wildman–Crippen MR) is 108 cm³/mol. The zero-order valence-electron chi connectivity index (χ0n) is 14.8. The van der Waals surface area contributed by atoms with Crippen molar-refractivity contribution in [2.24, 2.45) is 5.92 Å². The van der Waals surface area contributed by atoms with Crippen LogP contribution in [-0.4, -0.2) is 20.5 Å². The lowest BCUT2D eigenvalue weighted by atomic mass is 9.83. The largest absolute Gasteiger partial charge is 0.328 e. The Hall–Kier alpha value is -2.45. The van der Waals surface area contributed by atoms with Crippen molar-refractivity contribution in [1.82, 2.24) is 14.8 Å². The summed E-state index contributed by atoms with van der Waals surface area (Å²) in [4.78, 5) is 18.4. The van der Waals surface area contributed by atoms with Gasteiger partial charge in [-0.1, -0.05) is 42.1 Å². The Morgan fingerprint density at radius 2 is 2.18 bits per heavy atom. The van der Waals surface area contributed by atoms with Crippen LogP contribution in [0.3, 0.4) is 0 Å². The monoisotopic (exact) mass is 412 g/mol. The molecule has 0 saturated carbocycles. The van der Waals surface area contributed by atoms with E-state index in [4.69, 9.17) is 0 Å². The molecule has 2 aliphatic rings. The summed E-state index contributed by atoms with van der Waals surface area (Å²) >= 11 is 3.01. The first-order valence-corrected chi connectivity index (χ1v) is 10.9. The number of thioether (sulfide) groups is 1. The first-order valence-electron chi connectivity index (χ1n) is 9.06. The number of hydrogen-bond donors (Lipinski definition) is 1. The number of nitrogens with one attached hydrogen (secondary N) is 1. The van der Waals surface area contributed by atoms with Gasteiger partial charge in [0.25, 0.3) is 0 Å². The number of allylic oxidation sites excluding steroid dienone is 2. The molecule has 142 valence electrons. The molecule has 0 radical (unpaired) electrons. The van der Waals surface area contributed by atoms with Gasteiger partial charge in [0.05, 0.1) is 5.92 Å². The molecule has 1 aromatic carbocycles. The fourth-order valence-electron chi connectivity index (χ4n) is 3.72. The van der Waals surface area contributed by atoms with Crippen molar-refractivity contribution in [3.63, 3.8) is 0 Å². The summed E-state index contributed by atoms with van der Waals surface area (Å²) in [5.74, 6) is 0.822. The quantitative estimate of drug-likeness (QED) is 0.632. The van der Waals surface area contributed by atoms with Crippen molar-refractivity contribution in [2.75, 3.05) is 5.32 Å². The Morgan fingerprint density at radius 3 is 3.00 bits per heavy atom. The zero-order valence-corrected chi connectivity index (χ0v) is 16.5. The highest BCUT2D eigenvalue weighted by atomic mass is 32.2. The number of fused-ring (bicyclic) bond motifs is 2. The van der Waals surface area contributed by atoms with Gasteiger partial charge >= 0.3 is 0 Å². The van der Waals surface area contributed by atoms with Gasteiger partial charge in [-0.25, -0.2) is 9.07 Å². The van der Waals surface area contributed by atoms with E-state index >= 15 is 0 Å². The molecular formula is C20H17FN4OS2. The number of benzene rings is 1. The SMILES string of the molecule is O=C1CCC=C2Nc3nc(SCc4ccccc4F)nn3C(c3cccs3)C12. The topological polar surface area (TPSA) is 59.8 Å². The van der Waals surface area contributed by atoms with Crippen LogP contribution in [0.1, 0.15) is 29.3 Å². The highest BCUT2D eigenvalue weighted by Gasteiger charge is 2.42. The number of thiophene rings is 1. The summed E-state index contributed by atoms with van der Waals surface area (Å²) in [7, 11) is 0. The summed E-state index contributed by atoms with van der Waals surface area (Å²) in [6, 6.07) is 10.6. The van der Waals surface area contributed by atoms with E-state index in [0.29, 0.717) is 28.8 Å². The van der Waals surface area contributed by atoms with Crippen molar-refractivity contribution >= 4 is 34.8 Å². The first-order chi connectivity index (χ1) is 13.7. The minimum absolute atomic E-state index is 0.189. The highest BCUT2D eigenvalue weighted by Crippen LogP contribution is 2.43. The van der Waals surface area contributed by atoms with Crippen molar-refractivity contribution in [1.29, 1.82) is 0 Å². The summed E-state index contributed by atoms with van der Waals surface area (Å²) in [5.41, 5.74) is 1.54. The molecule has 2 atom stereocenters. The number of ketones is 1. The van der Waals surface area contributed by atoms with E-state index in [1.165, 1.54) is 17.8 Å². The van der Waals surface area contributed by atoms with Crippen LogP contribution in [0.15, 0.2) is 58.7 Å². The molecule has 3 heterocycles. The molecule has 2 unspecified atom stereocenters. The third-order valence-corrected chi connectivity index (χ3v) is 6.86. The lowest BCUT2D eigenvalue weighted by Gasteiger charge is -2.35. The van der Waals surface area contributed by atoms with Crippen LogP contribution in [-0.2, 0) is 10.5 Å². The third kappa shape index (κ3) is 3.06. The van der Waals surface area contributed by atoms with Crippen LogP contribution in [0, 0.1) is 11.7 Å². The molecule has 0 amide bonds. The van der Waals surface area contributed by atoms with E-state index in [0.717, 1.165) is 17.0 Å². The van der Waals surface area contributed by atoms with Gasteiger partial charge in [-0.2, -0.15) is 4.98 Å². The van der Waals surface area contributed by atoms with Gasteiger partial charge in [-0.05, 0) is 29.5 Å². The van der Waals surface area contributed by atoms with Gasteiger partial charge in [0.15, 0.2) is 0 Å². The number of nitrogens with zero attached hydrogens (tertiary/aromatic N) is 3. The van der Waals surface area contributed by atoms with Crippen molar-refractivity contribution in [3.8, 4) is 0 Å². The summed E-state index contributed by atoms with van der Waals surface area (Å²) in [5, 5.41) is 10.5. The molecule has 1 aliphatic carbocycles. The summed E-state index contributed by atoms with van der Waals surface area (Å²) in [6.45, 7) is 0.